The average Bonchev–Trinajstić information content (AvgIpc) is 3.24. The van der Waals surface area contributed by atoms with Crippen molar-refractivity contribution < 1.29 is 9.59 Å². The minimum Gasteiger partial charge on any atom is -0.349 e. The van der Waals surface area contributed by atoms with Gasteiger partial charge in [-0.2, -0.15) is 0 Å². The van der Waals surface area contributed by atoms with Crippen LogP contribution in [0.2, 0.25) is 10.0 Å². The van der Waals surface area contributed by atoms with Gasteiger partial charge in [-0.1, -0.05) is 59.6 Å². The van der Waals surface area contributed by atoms with E-state index in [2.05, 4.69) is 10.6 Å². The normalized spacial score (nSPS) is 12.2. The molecule has 0 saturated carbocycles. The van der Waals surface area contributed by atoms with Gasteiger partial charge in [0.25, 0.3) is 11.8 Å². The van der Waals surface area contributed by atoms with E-state index in [0.29, 0.717) is 19.8 Å². The molecule has 0 fully saturated rings. The molecule has 2 aromatic carbocycles. The van der Waals surface area contributed by atoms with Crippen LogP contribution >= 0.6 is 45.9 Å². The molecule has 1 atom stereocenters. The Balaban J connectivity index is 1.40. The summed E-state index contributed by atoms with van der Waals surface area (Å²) in [6.45, 7) is 2.10. The van der Waals surface area contributed by atoms with Gasteiger partial charge in [-0.05, 0) is 19.1 Å². The topological polar surface area (TPSA) is 58.2 Å². The summed E-state index contributed by atoms with van der Waals surface area (Å²) in [6, 6.07) is 15.0. The SMILES string of the molecule is CC(CNC(=O)c1sc2ccccc2c1Cl)NC(=O)c1sc2ccccc2c1Cl. The highest BCUT2D eigenvalue weighted by Crippen LogP contribution is 2.36. The van der Waals surface area contributed by atoms with Crippen molar-refractivity contribution in [2.45, 2.75) is 13.0 Å². The zero-order valence-electron chi connectivity index (χ0n) is 15.3. The lowest BCUT2D eigenvalue weighted by Gasteiger charge is -2.14. The molecule has 4 aromatic rings. The van der Waals surface area contributed by atoms with Crippen molar-refractivity contribution >= 4 is 77.9 Å². The lowest BCUT2D eigenvalue weighted by atomic mass is 10.2. The predicted octanol–water partition coefficient (Wildman–Crippen LogP) is 5.97. The third kappa shape index (κ3) is 3.98. The Bertz CT molecular complexity index is 1230. The summed E-state index contributed by atoms with van der Waals surface area (Å²) < 4.78 is 1.92. The molecule has 4 nitrogen and oxygen atoms in total. The van der Waals surface area contributed by atoms with E-state index >= 15 is 0 Å². The molecule has 2 heterocycles. The van der Waals surface area contributed by atoms with Gasteiger partial charge in [0.15, 0.2) is 0 Å². The van der Waals surface area contributed by atoms with E-state index < -0.39 is 0 Å². The molecule has 29 heavy (non-hydrogen) atoms. The molecule has 0 aliphatic carbocycles. The fourth-order valence-electron chi connectivity index (χ4n) is 2.99. The molecule has 0 bridgehead atoms. The van der Waals surface area contributed by atoms with Crippen molar-refractivity contribution in [1.29, 1.82) is 0 Å². The monoisotopic (exact) mass is 462 g/mol. The van der Waals surface area contributed by atoms with Gasteiger partial charge >= 0.3 is 0 Å². The molecule has 0 radical (unpaired) electrons. The van der Waals surface area contributed by atoms with Crippen LogP contribution in [-0.2, 0) is 0 Å². The molecule has 4 rings (SSSR count). The fraction of sp³-hybridized carbons (Fsp3) is 0.143. The summed E-state index contributed by atoms with van der Waals surface area (Å²) in [6.07, 6.45) is 0. The third-order valence-electron chi connectivity index (χ3n) is 4.43. The summed E-state index contributed by atoms with van der Waals surface area (Å²) in [4.78, 5) is 26.1. The highest BCUT2D eigenvalue weighted by molar-refractivity contribution is 7.22. The summed E-state index contributed by atoms with van der Waals surface area (Å²) in [5, 5.41) is 8.37. The Morgan fingerprint density at radius 1 is 0.862 bits per heavy atom. The van der Waals surface area contributed by atoms with E-state index in [1.807, 2.05) is 55.5 Å². The Morgan fingerprint density at radius 3 is 1.86 bits per heavy atom. The van der Waals surface area contributed by atoms with Crippen LogP contribution in [0.25, 0.3) is 20.2 Å². The highest BCUT2D eigenvalue weighted by atomic mass is 35.5. The number of carbonyl (C=O) groups excluding carboxylic acids is 2. The highest BCUT2D eigenvalue weighted by Gasteiger charge is 2.20. The van der Waals surface area contributed by atoms with Crippen molar-refractivity contribution in [2.75, 3.05) is 6.54 Å². The number of thiophene rings is 2. The fourth-order valence-corrected chi connectivity index (χ4v) is 5.84. The number of amides is 2. The van der Waals surface area contributed by atoms with Crippen molar-refractivity contribution in [2.24, 2.45) is 0 Å². The van der Waals surface area contributed by atoms with Crippen molar-refractivity contribution in [3.05, 3.63) is 68.3 Å². The predicted molar refractivity (Wildman–Crippen MR) is 123 cm³/mol. The lowest BCUT2D eigenvalue weighted by molar-refractivity contribution is 0.0916. The molecular weight excluding hydrogens is 447 g/mol. The second-order valence-corrected chi connectivity index (χ2v) is 9.43. The molecule has 1 unspecified atom stereocenters. The van der Waals surface area contributed by atoms with Gasteiger partial charge in [-0.15, -0.1) is 22.7 Å². The van der Waals surface area contributed by atoms with E-state index in [1.54, 1.807) is 0 Å². The van der Waals surface area contributed by atoms with Crippen LogP contribution in [0, 0.1) is 0 Å². The molecule has 0 saturated heterocycles. The van der Waals surface area contributed by atoms with Gasteiger partial charge < -0.3 is 10.6 Å². The second kappa shape index (κ2) is 8.32. The van der Waals surface area contributed by atoms with Gasteiger partial charge in [-0.3, -0.25) is 9.59 Å². The van der Waals surface area contributed by atoms with Gasteiger partial charge in [0, 0.05) is 32.8 Å². The number of carbonyl (C=O) groups is 2. The Kier molecular flexibility index (Phi) is 5.79. The summed E-state index contributed by atoms with van der Waals surface area (Å²) in [7, 11) is 0. The van der Waals surface area contributed by atoms with Gasteiger partial charge in [0.1, 0.15) is 9.75 Å². The maximum atomic E-state index is 12.6. The number of hydrogen-bond donors (Lipinski definition) is 2. The first-order chi connectivity index (χ1) is 14.0. The van der Waals surface area contributed by atoms with Crippen LogP contribution in [0.3, 0.4) is 0 Å². The average molecular weight is 463 g/mol. The zero-order valence-corrected chi connectivity index (χ0v) is 18.4. The number of fused-ring (bicyclic) bond motifs is 2. The second-order valence-electron chi connectivity index (χ2n) is 6.57. The summed E-state index contributed by atoms with van der Waals surface area (Å²) >= 11 is 15.4. The standard InChI is InChI=1S/C21H16Cl2N2O2S2/c1-11(25-21(27)19-17(23)13-7-3-5-9-15(13)29-19)10-24-20(26)18-16(22)12-6-2-4-8-14(12)28-18/h2-9,11H,10H2,1H3,(H,24,26)(H,25,27). The van der Waals surface area contributed by atoms with Crippen LogP contribution in [-0.4, -0.2) is 24.4 Å². The van der Waals surface area contributed by atoms with E-state index in [1.165, 1.54) is 22.7 Å². The molecule has 148 valence electrons. The summed E-state index contributed by atoms with van der Waals surface area (Å²) in [5.74, 6) is -0.505. The van der Waals surface area contributed by atoms with E-state index in [0.717, 1.165) is 20.2 Å². The van der Waals surface area contributed by atoms with Crippen LogP contribution in [0.1, 0.15) is 26.3 Å². The van der Waals surface area contributed by atoms with Gasteiger partial charge in [-0.25, -0.2) is 0 Å². The molecule has 8 heteroatoms. The number of halogens is 2. The molecular formula is C21H16Cl2N2O2S2. The molecule has 2 aromatic heterocycles. The lowest BCUT2D eigenvalue weighted by Crippen LogP contribution is -2.41. The number of nitrogens with one attached hydrogen (secondary N) is 2. The summed E-state index contributed by atoms with van der Waals surface area (Å²) in [5.41, 5.74) is 0. The van der Waals surface area contributed by atoms with Crippen LogP contribution in [0.15, 0.2) is 48.5 Å². The van der Waals surface area contributed by atoms with Crippen LogP contribution < -0.4 is 10.6 Å². The maximum absolute atomic E-state index is 12.6. The van der Waals surface area contributed by atoms with Crippen LogP contribution in [0.5, 0.6) is 0 Å². The number of benzene rings is 2. The minimum absolute atomic E-state index is 0.252. The van der Waals surface area contributed by atoms with Gasteiger partial charge in [0.05, 0.1) is 10.0 Å². The van der Waals surface area contributed by atoms with Crippen LogP contribution in [0.4, 0.5) is 0 Å². The third-order valence-corrected chi connectivity index (χ3v) is 7.78. The zero-order chi connectivity index (χ0) is 20.5. The quantitative estimate of drug-likeness (QED) is 0.383. The first-order valence-electron chi connectivity index (χ1n) is 8.89. The number of hydrogen-bond acceptors (Lipinski definition) is 4. The molecule has 0 aliphatic rings. The van der Waals surface area contributed by atoms with E-state index in [-0.39, 0.29) is 24.4 Å². The minimum atomic E-state index is -0.277. The van der Waals surface area contributed by atoms with Crippen molar-refractivity contribution in [1.82, 2.24) is 10.6 Å². The first-order valence-corrected chi connectivity index (χ1v) is 11.3. The molecule has 2 N–H and O–H groups in total. The Morgan fingerprint density at radius 2 is 1.34 bits per heavy atom. The first kappa shape index (κ1) is 20.2. The molecule has 2 amide bonds. The molecule has 0 spiro atoms. The Hall–Kier alpha value is -2.12. The Labute approximate surface area is 185 Å². The largest absolute Gasteiger partial charge is 0.349 e. The molecule has 0 aliphatic heterocycles. The van der Waals surface area contributed by atoms with E-state index in [4.69, 9.17) is 23.2 Å². The van der Waals surface area contributed by atoms with Crippen molar-refractivity contribution in [3.63, 3.8) is 0 Å². The van der Waals surface area contributed by atoms with Crippen molar-refractivity contribution in [3.8, 4) is 0 Å². The number of rotatable bonds is 5. The van der Waals surface area contributed by atoms with E-state index in [9.17, 15) is 9.59 Å². The van der Waals surface area contributed by atoms with Gasteiger partial charge in [0.2, 0.25) is 0 Å². The smallest absolute Gasteiger partial charge is 0.263 e. The maximum Gasteiger partial charge on any atom is 0.263 e.